The summed E-state index contributed by atoms with van der Waals surface area (Å²) in [5.74, 6) is 0.989. The summed E-state index contributed by atoms with van der Waals surface area (Å²) in [6.45, 7) is 2.14. The van der Waals surface area contributed by atoms with Gasteiger partial charge in [0.1, 0.15) is 30.5 Å². The van der Waals surface area contributed by atoms with Gasteiger partial charge in [-0.1, -0.05) is 48.5 Å². The van der Waals surface area contributed by atoms with Crippen LogP contribution in [0.4, 0.5) is 0 Å². The molecule has 7 heteroatoms. The Balaban J connectivity index is 1.44. The minimum Gasteiger partial charge on any atom is -0.497 e. The predicted octanol–water partition coefficient (Wildman–Crippen LogP) is 5.69. The number of ketones is 1. The third-order valence-corrected chi connectivity index (χ3v) is 7.41. The van der Waals surface area contributed by atoms with Crippen molar-refractivity contribution < 1.29 is 28.5 Å². The van der Waals surface area contributed by atoms with E-state index in [2.05, 4.69) is 5.32 Å². The Morgan fingerprint density at radius 3 is 2.30 bits per heavy atom. The van der Waals surface area contributed by atoms with Crippen LogP contribution in [0.1, 0.15) is 42.7 Å². The van der Waals surface area contributed by atoms with Gasteiger partial charge in [-0.25, -0.2) is 4.79 Å². The number of benzene rings is 3. The molecule has 206 valence electrons. The number of esters is 1. The zero-order valence-corrected chi connectivity index (χ0v) is 22.9. The predicted molar refractivity (Wildman–Crippen MR) is 151 cm³/mol. The standard InChI is InChI=1S/C33H33NO6/c1-21-30(33(36)40-18-17-39-25-9-5-4-6-10-25)31(26-11-7-8-12-29(26)38-3)32-27(34-21)19-23(20-28(32)35)22-13-15-24(37-2)16-14-22/h4-16,23,31,34H,17-20H2,1-3H3/t23-,31-/m1/s1. The monoisotopic (exact) mass is 539 g/mol. The number of Topliss-reactive ketones (excluding diaryl/α,β-unsaturated/α-hetero) is 1. The minimum absolute atomic E-state index is 0.00400. The number of hydrogen-bond acceptors (Lipinski definition) is 7. The number of allylic oxidation sites excluding steroid dienone is 3. The summed E-state index contributed by atoms with van der Waals surface area (Å²) in [4.78, 5) is 27.4. The molecule has 0 fully saturated rings. The molecule has 2 aliphatic rings. The lowest BCUT2D eigenvalue weighted by atomic mass is 9.71. The van der Waals surface area contributed by atoms with Crippen molar-refractivity contribution in [3.63, 3.8) is 0 Å². The van der Waals surface area contributed by atoms with Crippen LogP contribution in [0.25, 0.3) is 0 Å². The SMILES string of the molecule is COc1ccc([C@H]2CC(=O)C3=C(C2)NC(C)=C(C(=O)OCCOc2ccccc2)[C@H]3c2ccccc2OC)cc1. The zero-order chi connectivity index (χ0) is 28.1. The Morgan fingerprint density at radius 1 is 0.850 bits per heavy atom. The Labute approximate surface area is 234 Å². The van der Waals surface area contributed by atoms with Crippen molar-refractivity contribution in [1.82, 2.24) is 5.32 Å². The molecule has 0 aromatic heterocycles. The number of para-hydroxylation sites is 2. The Kier molecular flexibility index (Phi) is 8.20. The van der Waals surface area contributed by atoms with Gasteiger partial charge in [-0.2, -0.15) is 0 Å². The molecule has 40 heavy (non-hydrogen) atoms. The minimum atomic E-state index is -0.612. The molecule has 0 bridgehead atoms. The van der Waals surface area contributed by atoms with Gasteiger partial charge in [0.15, 0.2) is 5.78 Å². The van der Waals surface area contributed by atoms with E-state index in [0.29, 0.717) is 41.2 Å². The molecule has 0 radical (unpaired) electrons. The second-order valence-electron chi connectivity index (χ2n) is 9.83. The molecule has 0 saturated heterocycles. The molecular weight excluding hydrogens is 506 g/mol. The van der Waals surface area contributed by atoms with Crippen molar-refractivity contribution >= 4 is 11.8 Å². The van der Waals surface area contributed by atoms with Crippen LogP contribution in [0.5, 0.6) is 17.2 Å². The lowest BCUT2D eigenvalue weighted by molar-refractivity contribution is -0.140. The fourth-order valence-electron chi connectivity index (χ4n) is 5.53. The van der Waals surface area contributed by atoms with Crippen molar-refractivity contribution in [3.05, 3.63) is 113 Å². The zero-order valence-electron chi connectivity index (χ0n) is 22.9. The van der Waals surface area contributed by atoms with Gasteiger partial charge in [0.05, 0.1) is 25.7 Å². The number of hydrogen-bond donors (Lipinski definition) is 1. The summed E-state index contributed by atoms with van der Waals surface area (Å²) >= 11 is 0. The van der Waals surface area contributed by atoms with Crippen molar-refractivity contribution in [2.45, 2.75) is 31.6 Å². The van der Waals surface area contributed by atoms with E-state index in [-0.39, 0.29) is 24.9 Å². The van der Waals surface area contributed by atoms with Crippen LogP contribution in [0.2, 0.25) is 0 Å². The van der Waals surface area contributed by atoms with Crippen LogP contribution in [-0.2, 0) is 14.3 Å². The quantitative estimate of drug-likeness (QED) is 0.276. The largest absolute Gasteiger partial charge is 0.497 e. The van der Waals surface area contributed by atoms with Gasteiger partial charge in [-0.05, 0) is 55.2 Å². The van der Waals surface area contributed by atoms with E-state index in [9.17, 15) is 9.59 Å². The number of rotatable bonds is 9. The molecule has 0 amide bonds. The topological polar surface area (TPSA) is 83.1 Å². The van der Waals surface area contributed by atoms with Crippen LogP contribution in [-0.4, -0.2) is 39.2 Å². The van der Waals surface area contributed by atoms with E-state index in [1.807, 2.05) is 85.8 Å². The van der Waals surface area contributed by atoms with Gasteiger partial charge >= 0.3 is 5.97 Å². The third kappa shape index (κ3) is 5.59. The average Bonchev–Trinajstić information content (AvgIpc) is 2.99. The number of ether oxygens (including phenoxy) is 4. The first-order chi connectivity index (χ1) is 19.5. The highest BCUT2D eigenvalue weighted by molar-refractivity contribution is 6.04. The highest BCUT2D eigenvalue weighted by Crippen LogP contribution is 2.47. The molecule has 1 aliphatic carbocycles. The molecule has 3 aromatic rings. The van der Waals surface area contributed by atoms with E-state index in [0.717, 1.165) is 22.6 Å². The highest BCUT2D eigenvalue weighted by atomic mass is 16.6. The maximum Gasteiger partial charge on any atom is 0.336 e. The summed E-state index contributed by atoms with van der Waals surface area (Å²) in [6, 6.07) is 24.7. The Morgan fingerprint density at radius 2 is 1.57 bits per heavy atom. The van der Waals surface area contributed by atoms with Gasteiger partial charge in [-0.3, -0.25) is 4.79 Å². The van der Waals surface area contributed by atoms with E-state index in [1.165, 1.54) is 0 Å². The van der Waals surface area contributed by atoms with Gasteiger partial charge in [0, 0.05) is 29.0 Å². The first-order valence-corrected chi connectivity index (χ1v) is 13.4. The lowest BCUT2D eigenvalue weighted by Gasteiger charge is -2.37. The molecule has 0 saturated carbocycles. The maximum atomic E-state index is 13.9. The molecule has 1 aliphatic heterocycles. The van der Waals surface area contributed by atoms with Crippen LogP contribution in [0.15, 0.2) is 101 Å². The maximum absolute atomic E-state index is 13.9. The third-order valence-electron chi connectivity index (χ3n) is 7.41. The first kappa shape index (κ1) is 27.1. The molecule has 0 spiro atoms. The van der Waals surface area contributed by atoms with Crippen molar-refractivity contribution in [3.8, 4) is 17.2 Å². The van der Waals surface area contributed by atoms with Crippen LogP contribution in [0, 0.1) is 0 Å². The first-order valence-electron chi connectivity index (χ1n) is 13.4. The summed E-state index contributed by atoms with van der Waals surface area (Å²) in [5, 5.41) is 3.40. The van der Waals surface area contributed by atoms with Gasteiger partial charge in [0.25, 0.3) is 0 Å². The second-order valence-corrected chi connectivity index (χ2v) is 9.83. The number of dihydropyridines is 1. The molecule has 2 atom stereocenters. The normalized spacial score (nSPS) is 18.5. The molecular formula is C33H33NO6. The number of methoxy groups -OCH3 is 2. The van der Waals surface area contributed by atoms with Crippen LogP contribution >= 0.6 is 0 Å². The number of carbonyl (C=O) groups is 2. The van der Waals surface area contributed by atoms with Crippen molar-refractivity contribution in [1.29, 1.82) is 0 Å². The van der Waals surface area contributed by atoms with E-state index in [1.54, 1.807) is 14.2 Å². The van der Waals surface area contributed by atoms with Crippen LogP contribution in [0.3, 0.4) is 0 Å². The smallest absolute Gasteiger partial charge is 0.336 e. The summed E-state index contributed by atoms with van der Waals surface area (Å²) < 4.78 is 22.3. The van der Waals surface area contributed by atoms with E-state index >= 15 is 0 Å². The number of carbonyl (C=O) groups excluding carboxylic acids is 2. The Bertz CT molecular complexity index is 1440. The lowest BCUT2D eigenvalue weighted by Crippen LogP contribution is -2.36. The fraction of sp³-hybridized carbons (Fsp3) is 0.273. The average molecular weight is 540 g/mol. The Hall–Kier alpha value is -4.52. The molecule has 7 nitrogen and oxygen atoms in total. The van der Waals surface area contributed by atoms with Crippen molar-refractivity contribution in [2.75, 3.05) is 27.4 Å². The van der Waals surface area contributed by atoms with Gasteiger partial charge in [-0.15, -0.1) is 0 Å². The molecule has 3 aromatic carbocycles. The fourth-order valence-corrected chi connectivity index (χ4v) is 5.53. The highest BCUT2D eigenvalue weighted by Gasteiger charge is 2.42. The van der Waals surface area contributed by atoms with Gasteiger partial charge < -0.3 is 24.3 Å². The molecule has 1 N–H and O–H groups in total. The van der Waals surface area contributed by atoms with E-state index in [4.69, 9.17) is 18.9 Å². The molecule has 0 unspecified atom stereocenters. The number of nitrogens with one attached hydrogen (secondary N) is 1. The van der Waals surface area contributed by atoms with Gasteiger partial charge in [0.2, 0.25) is 0 Å². The summed E-state index contributed by atoms with van der Waals surface area (Å²) in [6.07, 6.45) is 0.981. The van der Waals surface area contributed by atoms with Crippen molar-refractivity contribution in [2.24, 2.45) is 0 Å². The summed E-state index contributed by atoms with van der Waals surface area (Å²) in [5.41, 5.74) is 4.30. The van der Waals surface area contributed by atoms with Crippen LogP contribution < -0.4 is 19.5 Å². The second kappa shape index (κ2) is 12.1. The summed E-state index contributed by atoms with van der Waals surface area (Å²) in [7, 11) is 3.22. The molecule has 1 heterocycles. The molecule has 5 rings (SSSR count). The van der Waals surface area contributed by atoms with E-state index < -0.39 is 11.9 Å².